The van der Waals surface area contributed by atoms with Crippen LogP contribution in [0, 0.1) is 0 Å². The number of carbonyl (C=O) groups is 1. The summed E-state index contributed by atoms with van der Waals surface area (Å²) >= 11 is 1.28. The molecule has 4 heteroatoms. The highest BCUT2D eigenvalue weighted by Crippen LogP contribution is 2.30. The molecule has 0 saturated heterocycles. The molecule has 0 aliphatic heterocycles. The molecule has 1 rings (SSSR count). The van der Waals surface area contributed by atoms with Gasteiger partial charge < -0.3 is 9.84 Å². The molecule has 1 aromatic heterocycles. The zero-order valence-electron chi connectivity index (χ0n) is 8.66. The van der Waals surface area contributed by atoms with Crippen molar-refractivity contribution in [2.75, 3.05) is 6.61 Å². The lowest BCUT2D eigenvalue weighted by Crippen LogP contribution is -1.98. The summed E-state index contributed by atoms with van der Waals surface area (Å²) < 4.78 is 5.29. The Morgan fingerprint density at radius 3 is 3.00 bits per heavy atom. The Bertz CT molecular complexity index is 355. The van der Waals surface area contributed by atoms with Gasteiger partial charge in [0.15, 0.2) is 4.88 Å². The van der Waals surface area contributed by atoms with Crippen LogP contribution in [0.1, 0.15) is 27.9 Å². The second-order valence-electron chi connectivity index (χ2n) is 3.06. The second kappa shape index (κ2) is 5.56. The third kappa shape index (κ3) is 3.09. The number of hydrogen-bond acceptors (Lipinski definition) is 3. The van der Waals surface area contributed by atoms with Gasteiger partial charge in [0.2, 0.25) is 0 Å². The van der Waals surface area contributed by atoms with Crippen LogP contribution >= 0.6 is 11.3 Å². The summed E-state index contributed by atoms with van der Waals surface area (Å²) in [7, 11) is 0. The smallest absolute Gasteiger partial charge is 0.349 e. The van der Waals surface area contributed by atoms with E-state index in [1.54, 1.807) is 12.1 Å². The van der Waals surface area contributed by atoms with Gasteiger partial charge in [0.05, 0.1) is 0 Å². The third-order valence-corrected chi connectivity index (χ3v) is 2.96. The highest BCUT2D eigenvalue weighted by molar-refractivity contribution is 7.14. The second-order valence-corrected chi connectivity index (χ2v) is 4.20. The van der Waals surface area contributed by atoms with Crippen LogP contribution in [-0.2, 0) is 6.42 Å². The van der Waals surface area contributed by atoms with E-state index < -0.39 is 5.97 Å². The highest BCUT2D eigenvalue weighted by atomic mass is 32.1. The van der Waals surface area contributed by atoms with Crippen LogP contribution in [0.15, 0.2) is 18.7 Å². The molecule has 0 amide bonds. The Balaban J connectivity index is 2.89. The maximum atomic E-state index is 10.9. The Labute approximate surface area is 93.0 Å². The summed E-state index contributed by atoms with van der Waals surface area (Å²) in [5.74, 6) is -0.475. The minimum atomic E-state index is -0.929. The number of rotatable bonds is 6. The van der Waals surface area contributed by atoms with Crippen LogP contribution in [0.5, 0.6) is 5.75 Å². The fraction of sp³-hybridized carbons (Fsp3) is 0.364. The van der Waals surface area contributed by atoms with Gasteiger partial charge in [0.1, 0.15) is 12.4 Å². The SMILES string of the molecule is C=CCOc1cc(CCC)sc1C(=O)O. The molecule has 1 heterocycles. The Kier molecular flexibility index (Phi) is 4.37. The Morgan fingerprint density at radius 1 is 1.73 bits per heavy atom. The number of aryl methyl sites for hydroxylation is 1. The van der Waals surface area contributed by atoms with E-state index in [0.29, 0.717) is 12.4 Å². The van der Waals surface area contributed by atoms with Crippen molar-refractivity contribution < 1.29 is 14.6 Å². The Morgan fingerprint density at radius 2 is 2.47 bits per heavy atom. The lowest BCUT2D eigenvalue weighted by atomic mass is 10.3. The van der Waals surface area contributed by atoms with E-state index in [-0.39, 0.29) is 4.88 Å². The molecule has 0 aromatic carbocycles. The largest absolute Gasteiger partial charge is 0.488 e. The van der Waals surface area contributed by atoms with Crippen molar-refractivity contribution in [3.8, 4) is 5.75 Å². The first kappa shape index (κ1) is 11.8. The average molecular weight is 226 g/mol. The van der Waals surface area contributed by atoms with Gasteiger partial charge >= 0.3 is 5.97 Å². The van der Waals surface area contributed by atoms with E-state index in [9.17, 15) is 4.79 Å². The molecule has 0 aliphatic carbocycles. The summed E-state index contributed by atoms with van der Waals surface area (Å²) in [6.45, 7) is 5.92. The van der Waals surface area contributed by atoms with Crippen LogP contribution in [0.2, 0.25) is 0 Å². The molecule has 0 aliphatic rings. The fourth-order valence-electron chi connectivity index (χ4n) is 1.20. The topological polar surface area (TPSA) is 46.5 Å². The lowest BCUT2D eigenvalue weighted by molar-refractivity contribution is 0.0698. The van der Waals surface area contributed by atoms with Crippen molar-refractivity contribution >= 4 is 17.3 Å². The maximum absolute atomic E-state index is 10.9. The monoisotopic (exact) mass is 226 g/mol. The van der Waals surface area contributed by atoms with Gasteiger partial charge in [-0.15, -0.1) is 11.3 Å². The number of hydrogen-bond donors (Lipinski definition) is 1. The van der Waals surface area contributed by atoms with Crippen molar-refractivity contribution in [2.24, 2.45) is 0 Å². The summed E-state index contributed by atoms with van der Waals surface area (Å²) in [5, 5.41) is 8.95. The number of carboxylic acids is 1. The molecule has 82 valence electrons. The maximum Gasteiger partial charge on any atom is 0.349 e. The predicted octanol–water partition coefficient (Wildman–Crippen LogP) is 2.96. The summed E-state index contributed by atoms with van der Waals surface area (Å²) in [6.07, 6.45) is 3.49. The first-order valence-electron chi connectivity index (χ1n) is 4.78. The molecule has 1 N–H and O–H groups in total. The fourth-order valence-corrected chi connectivity index (χ4v) is 2.24. The van der Waals surface area contributed by atoms with Crippen molar-refractivity contribution in [2.45, 2.75) is 19.8 Å². The number of thiophene rings is 1. The van der Waals surface area contributed by atoms with Crippen molar-refractivity contribution in [3.63, 3.8) is 0 Å². The molecule has 0 fully saturated rings. The minimum absolute atomic E-state index is 0.278. The van der Waals surface area contributed by atoms with Gasteiger partial charge in [-0.25, -0.2) is 4.79 Å². The van der Waals surface area contributed by atoms with Gasteiger partial charge in [0.25, 0.3) is 0 Å². The van der Waals surface area contributed by atoms with E-state index >= 15 is 0 Å². The quantitative estimate of drug-likeness (QED) is 0.758. The molecule has 3 nitrogen and oxygen atoms in total. The van der Waals surface area contributed by atoms with Gasteiger partial charge in [-0.3, -0.25) is 0 Å². The van der Waals surface area contributed by atoms with Crippen LogP contribution in [0.4, 0.5) is 0 Å². The van der Waals surface area contributed by atoms with Crippen LogP contribution in [0.25, 0.3) is 0 Å². The molecular formula is C11H14O3S. The van der Waals surface area contributed by atoms with E-state index in [1.165, 1.54) is 11.3 Å². The number of ether oxygens (including phenoxy) is 1. The highest BCUT2D eigenvalue weighted by Gasteiger charge is 2.15. The summed E-state index contributed by atoms with van der Waals surface area (Å²) in [6, 6.07) is 1.81. The average Bonchev–Trinajstić information content (AvgIpc) is 2.59. The van der Waals surface area contributed by atoms with E-state index in [1.807, 2.05) is 0 Å². The molecule has 0 spiro atoms. The number of aromatic carboxylic acids is 1. The molecule has 1 aromatic rings. The molecule has 0 saturated carbocycles. The van der Waals surface area contributed by atoms with Gasteiger partial charge in [-0.1, -0.05) is 26.0 Å². The standard InChI is InChI=1S/C11H14O3S/c1-3-5-8-7-9(14-6-4-2)10(15-8)11(12)13/h4,7H,2-3,5-6H2,1H3,(H,12,13). The number of carboxylic acid groups (broad SMARTS) is 1. The molecule has 0 radical (unpaired) electrons. The van der Waals surface area contributed by atoms with Crippen molar-refractivity contribution in [1.82, 2.24) is 0 Å². The van der Waals surface area contributed by atoms with E-state index in [2.05, 4.69) is 13.5 Å². The van der Waals surface area contributed by atoms with E-state index in [0.717, 1.165) is 17.7 Å². The van der Waals surface area contributed by atoms with Crippen molar-refractivity contribution in [1.29, 1.82) is 0 Å². The Hall–Kier alpha value is -1.29. The zero-order valence-corrected chi connectivity index (χ0v) is 9.47. The first-order valence-corrected chi connectivity index (χ1v) is 5.60. The van der Waals surface area contributed by atoms with Gasteiger partial charge in [-0.05, 0) is 12.5 Å². The molecule has 15 heavy (non-hydrogen) atoms. The summed E-state index contributed by atoms with van der Waals surface area (Å²) in [4.78, 5) is 12.2. The van der Waals surface area contributed by atoms with Crippen molar-refractivity contribution in [3.05, 3.63) is 28.5 Å². The third-order valence-electron chi connectivity index (χ3n) is 1.80. The van der Waals surface area contributed by atoms with Crippen LogP contribution < -0.4 is 4.74 Å². The van der Waals surface area contributed by atoms with Gasteiger partial charge in [-0.2, -0.15) is 0 Å². The van der Waals surface area contributed by atoms with Crippen LogP contribution in [-0.4, -0.2) is 17.7 Å². The molecule has 0 atom stereocenters. The first-order chi connectivity index (χ1) is 7.19. The lowest BCUT2D eigenvalue weighted by Gasteiger charge is -2.00. The zero-order chi connectivity index (χ0) is 11.3. The van der Waals surface area contributed by atoms with Crippen LogP contribution in [0.3, 0.4) is 0 Å². The normalized spacial score (nSPS) is 9.93. The molecule has 0 unspecified atom stereocenters. The minimum Gasteiger partial charge on any atom is -0.488 e. The molecule has 0 bridgehead atoms. The summed E-state index contributed by atoms with van der Waals surface area (Å²) in [5.41, 5.74) is 0. The predicted molar refractivity (Wildman–Crippen MR) is 61.0 cm³/mol. The van der Waals surface area contributed by atoms with Gasteiger partial charge in [0, 0.05) is 4.88 Å². The molecular weight excluding hydrogens is 212 g/mol. The van der Waals surface area contributed by atoms with E-state index in [4.69, 9.17) is 9.84 Å².